The van der Waals surface area contributed by atoms with Crippen LogP contribution in [0.4, 0.5) is 4.79 Å². The highest BCUT2D eigenvalue weighted by atomic mass is 32.2. The number of amides is 1. The van der Waals surface area contributed by atoms with Gasteiger partial charge in [-0.05, 0) is 33.8 Å². The summed E-state index contributed by atoms with van der Waals surface area (Å²) in [6.07, 6.45) is 0.921. The number of aromatic nitrogens is 2. The minimum absolute atomic E-state index is 0.0665. The number of ether oxygens (including phenoxy) is 1. The summed E-state index contributed by atoms with van der Waals surface area (Å²) in [5.41, 5.74) is -0.917. The monoisotopic (exact) mass is 399 g/mol. The van der Waals surface area contributed by atoms with Crippen molar-refractivity contribution in [3.05, 3.63) is 17.1 Å². The molecule has 0 spiro atoms. The highest BCUT2D eigenvalue weighted by molar-refractivity contribution is 7.89. The lowest BCUT2D eigenvalue weighted by atomic mass is 10.0. The van der Waals surface area contributed by atoms with E-state index in [1.165, 1.54) is 18.4 Å². The second-order valence-corrected chi connectivity index (χ2v) is 10.4. The Morgan fingerprint density at radius 2 is 2.15 bits per heavy atom. The third-order valence-corrected chi connectivity index (χ3v) is 7.06. The molecule has 0 unspecified atom stereocenters. The number of nitrogens with one attached hydrogen (secondary N) is 2. The van der Waals surface area contributed by atoms with Crippen molar-refractivity contribution in [1.29, 1.82) is 0 Å². The van der Waals surface area contributed by atoms with Crippen LogP contribution in [0.1, 0.15) is 32.6 Å². The first-order valence-electron chi connectivity index (χ1n) is 7.89. The quantitative estimate of drug-likeness (QED) is 0.761. The first-order valence-corrected chi connectivity index (χ1v) is 10.3. The van der Waals surface area contributed by atoms with Crippen molar-refractivity contribution in [1.82, 2.24) is 19.8 Å². The van der Waals surface area contributed by atoms with E-state index in [9.17, 15) is 13.2 Å². The summed E-state index contributed by atoms with van der Waals surface area (Å²) in [4.78, 5) is 17.4. The predicted octanol–water partition coefficient (Wildman–Crippen LogP) is 2.00. The largest absolute Gasteiger partial charge is 0.444 e. The Morgan fingerprint density at radius 3 is 2.77 bits per heavy atom. The molecule has 142 valence electrons. The molecule has 0 bridgehead atoms. The zero-order valence-electron chi connectivity index (χ0n) is 15.2. The van der Waals surface area contributed by atoms with Gasteiger partial charge in [-0.15, -0.1) is 11.3 Å². The zero-order valence-corrected chi connectivity index (χ0v) is 16.8. The SMILES string of the molecule is CN1C(NC(=O)OC(C)(C)C)=N[C@](C)(c2cc3[nH]ncc3s2)CS1(=O)=O. The molecule has 0 radical (unpaired) electrons. The van der Waals surface area contributed by atoms with E-state index in [0.29, 0.717) is 0 Å². The summed E-state index contributed by atoms with van der Waals surface area (Å²) < 4.78 is 32.4. The predicted molar refractivity (Wildman–Crippen MR) is 99.7 cm³/mol. The van der Waals surface area contributed by atoms with Crippen LogP contribution in [0.5, 0.6) is 0 Å². The molecule has 26 heavy (non-hydrogen) atoms. The number of rotatable bonds is 1. The molecule has 0 aliphatic carbocycles. The number of H-pyrrole nitrogens is 1. The lowest BCUT2D eigenvalue weighted by molar-refractivity contribution is 0.0559. The van der Waals surface area contributed by atoms with Crippen molar-refractivity contribution in [3.63, 3.8) is 0 Å². The van der Waals surface area contributed by atoms with Crippen LogP contribution >= 0.6 is 11.3 Å². The first kappa shape index (κ1) is 18.6. The Bertz CT molecular complexity index is 957. The maximum atomic E-state index is 12.6. The molecule has 2 aromatic rings. The number of carbonyl (C=O) groups excluding carboxylic acids is 1. The standard InChI is InChI=1S/C15H21N5O4S2/c1-14(2,3)24-13(21)17-12-18-15(4,8-26(22,23)20(12)5)11-6-9-10(25-11)7-16-19-9/h6-7H,8H2,1-5H3,(H,16,19)(H,17,18,21)/t15-/m0/s1. The topological polar surface area (TPSA) is 117 Å². The zero-order chi connectivity index (χ0) is 19.3. The van der Waals surface area contributed by atoms with Crippen LogP contribution in [-0.2, 0) is 20.3 Å². The summed E-state index contributed by atoms with van der Waals surface area (Å²) in [5.74, 6) is -0.268. The number of hydrogen-bond donors (Lipinski definition) is 2. The molecule has 1 aliphatic heterocycles. The number of alkyl carbamates (subject to hydrolysis) is 1. The van der Waals surface area contributed by atoms with Gasteiger partial charge >= 0.3 is 6.09 Å². The van der Waals surface area contributed by atoms with Crippen LogP contribution in [-0.4, -0.2) is 53.4 Å². The van der Waals surface area contributed by atoms with Crippen molar-refractivity contribution in [2.24, 2.45) is 4.99 Å². The van der Waals surface area contributed by atoms with Gasteiger partial charge in [0.2, 0.25) is 16.0 Å². The maximum Gasteiger partial charge on any atom is 0.414 e. The van der Waals surface area contributed by atoms with Gasteiger partial charge in [0.25, 0.3) is 0 Å². The van der Waals surface area contributed by atoms with E-state index in [4.69, 9.17) is 4.74 Å². The molecule has 3 rings (SSSR count). The number of guanidine groups is 1. The summed E-state index contributed by atoms with van der Waals surface area (Å²) in [6, 6.07) is 1.84. The molecule has 3 heterocycles. The summed E-state index contributed by atoms with van der Waals surface area (Å²) in [6.45, 7) is 6.90. The van der Waals surface area contributed by atoms with E-state index >= 15 is 0 Å². The lowest BCUT2D eigenvalue weighted by Gasteiger charge is -2.35. The van der Waals surface area contributed by atoms with E-state index < -0.39 is 27.3 Å². The second kappa shape index (κ2) is 5.95. The molecule has 0 saturated carbocycles. The van der Waals surface area contributed by atoms with E-state index in [2.05, 4.69) is 20.5 Å². The fourth-order valence-corrected chi connectivity index (χ4v) is 5.20. The van der Waals surface area contributed by atoms with Gasteiger partial charge < -0.3 is 4.74 Å². The Balaban J connectivity index is 1.98. The van der Waals surface area contributed by atoms with Gasteiger partial charge in [0.05, 0.1) is 22.2 Å². The average molecular weight is 399 g/mol. The second-order valence-electron chi connectivity index (χ2n) is 7.32. The van der Waals surface area contributed by atoms with Gasteiger partial charge in [0, 0.05) is 11.9 Å². The number of aliphatic imine (C=N–C) groups is 1. The molecule has 0 fully saturated rings. The molecule has 1 amide bonds. The number of thiophene rings is 1. The Kier molecular flexibility index (Phi) is 4.26. The van der Waals surface area contributed by atoms with Crippen LogP contribution in [0.3, 0.4) is 0 Å². The third-order valence-electron chi connectivity index (χ3n) is 3.80. The van der Waals surface area contributed by atoms with Crippen molar-refractivity contribution < 1.29 is 17.9 Å². The number of sulfonamides is 1. The summed E-state index contributed by atoms with van der Waals surface area (Å²) in [7, 11) is -2.31. The lowest BCUT2D eigenvalue weighted by Crippen LogP contribution is -2.53. The minimum atomic E-state index is -3.66. The van der Waals surface area contributed by atoms with E-state index in [1.54, 1.807) is 33.9 Å². The number of nitrogens with zero attached hydrogens (tertiary/aromatic N) is 3. The number of carbonyl (C=O) groups is 1. The van der Waals surface area contributed by atoms with E-state index in [1.807, 2.05) is 6.07 Å². The van der Waals surface area contributed by atoms with Gasteiger partial charge in [0.15, 0.2) is 0 Å². The van der Waals surface area contributed by atoms with Crippen LogP contribution in [0.2, 0.25) is 0 Å². The van der Waals surface area contributed by atoms with Gasteiger partial charge in [-0.1, -0.05) is 0 Å². The molecular formula is C15H21N5O4S2. The molecule has 0 saturated heterocycles. The summed E-state index contributed by atoms with van der Waals surface area (Å²) in [5, 5.41) is 9.26. The molecule has 1 aliphatic rings. The van der Waals surface area contributed by atoms with Crippen molar-refractivity contribution in [2.45, 2.75) is 38.8 Å². The molecule has 2 N–H and O–H groups in total. The fraction of sp³-hybridized carbons (Fsp3) is 0.533. The molecular weight excluding hydrogens is 378 g/mol. The number of hydrogen-bond acceptors (Lipinski definition) is 7. The van der Waals surface area contributed by atoms with E-state index in [0.717, 1.165) is 19.4 Å². The smallest absolute Gasteiger partial charge is 0.414 e. The third kappa shape index (κ3) is 3.54. The highest BCUT2D eigenvalue weighted by Crippen LogP contribution is 2.38. The van der Waals surface area contributed by atoms with Crippen LogP contribution in [0.25, 0.3) is 10.2 Å². The summed E-state index contributed by atoms with van der Waals surface area (Å²) >= 11 is 1.41. The number of fused-ring (bicyclic) bond motifs is 1. The normalized spacial score (nSPS) is 23.0. The van der Waals surface area contributed by atoms with Crippen LogP contribution in [0, 0.1) is 0 Å². The Hall–Kier alpha value is -2.14. The van der Waals surface area contributed by atoms with Crippen LogP contribution in [0.15, 0.2) is 17.3 Å². The van der Waals surface area contributed by atoms with Gasteiger partial charge in [-0.2, -0.15) is 5.10 Å². The Morgan fingerprint density at radius 1 is 1.46 bits per heavy atom. The number of aromatic amines is 1. The molecule has 9 nitrogen and oxygen atoms in total. The van der Waals surface area contributed by atoms with Crippen molar-refractivity contribution >= 4 is 43.6 Å². The first-order chi connectivity index (χ1) is 11.9. The van der Waals surface area contributed by atoms with Gasteiger partial charge in [-0.25, -0.2) is 22.5 Å². The molecule has 2 aromatic heterocycles. The maximum absolute atomic E-state index is 12.6. The Labute approximate surface area is 155 Å². The minimum Gasteiger partial charge on any atom is -0.444 e. The fourth-order valence-electron chi connectivity index (χ4n) is 2.56. The van der Waals surface area contributed by atoms with Crippen molar-refractivity contribution in [2.75, 3.05) is 12.8 Å². The highest BCUT2D eigenvalue weighted by Gasteiger charge is 2.42. The van der Waals surface area contributed by atoms with Crippen LogP contribution < -0.4 is 5.32 Å². The molecule has 0 aromatic carbocycles. The molecule has 1 atom stereocenters. The van der Waals surface area contributed by atoms with Crippen molar-refractivity contribution in [3.8, 4) is 0 Å². The van der Waals surface area contributed by atoms with Gasteiger partial charge in [-0.3, -0.25) is 10.4 Å². The molecule has 11 heteroatoms. The van der Waals surface area contributed by atoms with E-state index in [-0.39, 0.29) is 11.7 Å². The average Bonchev–Trinajstić information content (AvgIpc) is 3.03. The van der Waals surface area contributed by atoms with Gasteiger partial charge in [0.1, 0.15) is 11.1 Å².